The number of piperidine rings is 1. The Morgan fingerprint density at radius 3 is 2.80 bits per heavy atom. The standard InChI is InChI=1S/C11H10ClNO2/c12-8-3-1-4-9(7-8)13-6-2-5-10(14)11(13)15/h1,3-4,7H,2,5-6H2. The van der Waals surface area contributed by atoms with Gasteiger partial charge >= 0.3 is 0 Å². The van der Waals surface area contributed by atoms with Crippen LogP contribution in [-0.4, -0.2) is 18.2 Å². The van der Waals surface area contributed by atoms with Crippen LogP contribution in [0.1, 0.15) is 12.8 Å². The summed E-state index contributed by atoms with van der Waals surface area (Å²) in [4.78, 5) is 24.3. The number of rotatable bonds is 1. The normalized spacial score (nSPS) is 17.0. The second-order valence-electron chi connectivity index (χ2n) is 3.46. The molecule has 1 amide bonds. The van der Waals surface area contributed by atoms with Crippen LogP contribution in [0.2, 0.25) is 5.02 Å². The summed E-state index contributed by atoms with van der Waals surface area (Å²) in [6.07, 6.45) is 1.08. The molecule has 0 saturated carbocycles. The van der Waals surface area contributed by atoms with Crippen molar-refractivity contribution >= 4 is 29.0 Å². The molecule has 0 aliphatic carbocycles. The van der Waals surface area contributed by atoms with Crippen molar-refractivity contribution in [3.05, 3.63) is 29.3 Å². The Kier molecular flexibility index (Phi) is 2.73. The maximum atomic E-state index is 11.6. The zero-order valence-electron chi connectivity index (χ0n) is 8.07. The van der Waals surface area contributed by atoms with Gasteiger partial charge in [-0.05, 0) is 24.6 Å². The topological polar surface area (TPSA) is 37.4 Å². The van der Waals surface area contributed by atoms with Crippen LogP contribution in [0.5, 0.6) is 0 Å². The number of amides is 1. The summed E-state index contributed by atoms with van der Waals surface area (Å²) >= 11 is 5.83. The summed E-state index contributed by atoms with van der Waals surface area (Å²) in [5.74, 6) is -0.746. The summed E-state index contributed by atoms with van der Waals surface area (Å²) in [6.45, 7) is 0.588. The molecular weight excluding hydrogens is 214 g/mol. The molecule has 4 heteroatoms. The first-order chi connectivity index (χ1) is 7.18. The van der Waals surface area contributed by atoms with Gasteiger partial charge in [0.1, 0.15) is 0 Å². The molecule has 0 radical (unpaired) electrons. The largest absolute Gasteiger partial charge is 0.306 e. The van der Waals surface area contributed by atoms with Crippen LogP contribution >= 0.6 is 11.6 Å². The highest BCUT2D eigenvalue weighted by Crippen LogP contribution is 2.22. The molecule has 78 valence electrons. The van der Waals surface area contributed by atoms with E-state index in [1.807, 2.05) is 0 Å². The average Bonchev–Trinajstić information content (AvgIpc) is 2.22. The van der Waals surface area contributed by atoms with Crippen LogP contribution in [0.4, 0.5) is 5.69 Å². The summed E-state index contributed by atoms with van der Waals surface area (Å²) in [6, 6.07) is 6.98. The fraction of sp³-hybridized carbons (Fsp3) is 0.273. The lowest BCUT2D eigenvalue weighted by atomic mass is 10.1. The number of carbonyl (C=O) groups excluding carboxylic acids is 2. The van der Waals surface area contributed by atoms with Crippen molar-refractivity contribution in [1.82, 2.24) is 0 Å². The molecule has 1 aromatic rings. The van der Waals surface area contributed by atoms with Gasteiger partial charge in [-0.25, -0.2) is 0 Å². The second kappa shape index (κ2) is 4.03. The lowest BCUT2D eigenvalue weighted by Crippen LogP contribution is -2.41. The van der Waals surface area contributed by atoms with Crippen molar-refractivity contribution < 1.29 is 9.59 Å². The third-order valence-corrected chi connectivity index (χ3v) is 2.62. The van der Waals surface area contributed by atoms with Crippen molar-refractivity contribution in [2.75, 3.05) is 11.4 Å². The molecule has 3 nitrogen and oxygen atoms in total. The first-order valence-electron chi connectivity index (χ1n) is 4.79. The van der Waals surface area contributed by atoms with Crippen molar-refractivity contribution in [3.8, 4) is 0 Å². The van der Waals surface area contributed by atoms with Gasteiger partial charge in [0.2, 0.25) is 5.78 Å². The smallest absolute Gasteiger partial charge is 0.294 e. The Balaban J connectivity index is 2.30. The van der Waals surface area contributed by atoms with E-state index >= 15 is 0 Å². The number of hydrogen-bond acceptors (Lipinski definition) is 2. The molecule has 0 aromatic heterocycles. The second-order valence-corrected chi connectivity index (χ2v) is 3.90. The molecule has 0 spiro atoms. The Morgan fingerprint density at radius 2 is 2.07 bits per heavy atom. The lowest BCUT2D eigenvalue weighted by Gasteiger charge is -2.25. The lowest BCUT2D eigenvalue weighted by molar-refractivity contribution is -0.137. The van der Waals surface area contributed by atoms with Gasteiger partial charge in [-0.1, -0.05) is 17.7 Å². The Hall–Kier alpha value is -1.35. The molecule has 2 rings (SSSR count). The predicted octanol–water partition coefficient (Wildman–Crippen LogP) is 2.04. The summed E-state index contributed by atoms with van der Waals surface area (Å²) in [7, 11) is 0. The summed E-state index contributed by atoms with van der Waals surface area (Å²) < 4.78 is 0. The average molecular weight is 224 g/mol. The van der Waals surface area contributed by atoms with Crippen LogP contribution in [0.3, 0.4) is 0 Å². The predicted molar refractivity (Wildman–Crippen MR) is 58.0 cm³/mol. The Morgan fingerprint density at radius 1 is 1.27 bits per heavy atom. The number of benzene rings is 1. The minimum atomic E-state index is -0.427. The third-order valence-electron chi connectivity index (χ3n) is 2.39. The molecular formula is C11H10ClNO2. The maximum absolute atomic E-state index is 11.6. The van der Waals surface area contributed by atoms with Gasteiger partial charge in [0.25, 0.3) is 5.91 Å². The SMILES string of the molecule is O=C1CCCN(c2cccc(Cl)c2)C1=O. The molecule has 15 heavy (non-hydrogen) atoms. The number of Topliss-reactive ketones (excluding diaryl/α,β-unsaturated/α-hetero) is 1. The summed E-state index contributed by atoms with van der Waals surface area (Å²) in [5, 5.41) is 0.568. The number of carbonyl (C=O) groups is 2. The Bertz CT molecular complexity index is 417. The molecule has 1 saturated heterocycles. The van der Waals surface area contributed by atoms with E-state index in [0.717, 1.165) is 6.42 Å². The molecule has 1 aliphatic rings. The van der Waals surface area contributed by atoms with Crippen LogP contribution in [0.25, 0.3) is 0 Å². The quantitative estimate of drug-likeness (QED) is 0.684. The molecule has 1 heterocycles. The van der Waals surface area contributed by atoms with Crippen LogP contribution < -0.4 is 4.90 Å². The van der Waals surface area contributed by atoms with Gasteiger partial charge in [-0.2, -0.15) is 0 Å². The van der Waals surface area contributed by atoms with Crippen molar-refractivity contribution in [3.63, 3.8) is 0 Å². The van der Waals surface area contributed by atoms with Gasteiger partial charge in [0.15, 0.2) is 0 Å². The molecule has 0 unspecified atom stereocenters. The van der Waals surface area contributed by atoms with Crippen molar-refractivity contribution in [2.24, 2.45) is 0 Å². The van der Waals surface area contributed by atoms with E-state index in [-0.39, 0.29) is 5.78 Å². The highest BCUT2D eigenvalue weighted by Gasteiger charge is 2.27. The number of ketones is 1. The van der Waals surface area contributed by atoms with Gasteiger partial charge in [-0.15, -0.1) is 0 Å². The monoisotopic (exact) mass is 223 g/mol. The van der Waals surface area contributed by atoms with Gasteiger partial charge in [0.05, 0.1) is 0 Å². The first kappa shape index (κ1) is 10.2. The Labute approximate surface area is 92.6 Å². The van der Waals surface area contributed by atoms with E-state index in [1.54, 1.807) is 24.3 Å². The van der Waals surface area contributed by atoms with E-state index in [9.17, 15) is 9.59 Å². The van der Waals surface area contributed by atoms with Gasteiger partial charge in [-0.3, -0.25) is 9.59 Å². The van der Waals surface area contributed by atoms with Crippen LogP contribution in [0, 0.1) is 0 Å². The minimum absolute atomic E-state index is 0.318. The van der Waals surface area contributed by atoms with Crippen molar-refractivity contribution in [1.29, 1.82) is 0 Å². The molecule has 0 bridgehead atoms. The van der Waals surface area contributed by atoms with Gasteiger partial charge in [0, 0.05) is 23.7 Å². The number of halogens is 1. The van der Waals surface area contributed by atoms with E-state index in [0.29, 0.717) is 23.7 Å². The molecule has 1 fully saturated rings. The van der Waals surface area contributed by atoms with Crippen molar-refractivity contribution in [2.45, 2.75) is 12.8 Å². The number of nitrogens with zero attached hydrogens (tertiary/aromatic N) is 1. The first-order valence-corrected chi connectivity index (χ1v) is 5.16. The fourth-order valence-corrected chi connectivity index (χ4v) is 1.83. The van der Waals surface area contributed by atoms with Crippen LogP contribution in [-0.2, 0) is 9.59 Å². The molecule has 0 N–H and O–H groups in total. The molecule has 1 aromatic carbocycles. The fourth-order valence-electron chi connectivity index (χ4n) is 1.65. The number of hydrogen-bond donors (Lipinski definition) is 0. The highest BCUT2D eigenvalue weighted by atomic mass is 35.5. The highest BCUT2D eigenvalue weighted by molar-refractivity contribution is 6.42. The van der Waals surface area contributed by atoms with E-state index in [4.69, 9.17) is 11.6 Å². The minimum Gasteiger partial charge on any atom is -0.306 e. The molecule has 1 aliphatic heterocycles. The third kappa shape index (κ3) is 2.02. The zero-order valence-corrected chi connectivity index (χ0v) is 8.83. The summed E-state index contributed by atoms with van der Waals surface area (Å²) in [5.41, 5.74) is 0.695. The maximum Gasteiger partial charge on any atom is 0.294 e. The van der Waals surface area contributed by atoms with E-state index < -0.39 is 5.91 Å². The van der Waals surface area contributed by atoms with E-state index in [1.165, 1.54) is 4.90 Å². The molecule has 0 atom stereocenters. The number of anilines is 1. The van der Waals surface area contributed by atoms with Gasteiger partial charge < -0.3 is 4.90 Å². The zero-order chi connectivity index (χ0) is 10.8. The van der Waals surface area contributed by atoms with Crippen LogP contribution in [0.15, 0.2) is 24.3 Å². The van der Waals surface area contributed by atoms with E-state index in [2.05, 4.69) is 0 Å².